The van der Waals surface area contributed by atoms with Crippen LogP contribution < -0.4 is 5.32 Å². The van der Waals surface area contributed by atoms with Crippen LogP contribution in [0.4, 0.5) is 0 Å². The summed E-state index contributed by atoms with van der Waals surface area (Å²) in [6, 6.07) is 5.76. The van der Waals surface area contributed by atoms with Gasteiger partial charge in [0.05, 0.1) is 33.5 Å². The summed E-state index contributed by atoms with van der Waals surface area (Å²) in [6.45, 7) is 0. The van der Waals surface area contributed by atoms with Crippen molar-refractivity contribution in [3.8, 4) is 6.07 Å². The highest BCUT2D eigenvalue weighted by Crippen LogP contribution is 2.30. The summed E-state index contributed by atoms with van der Waals surface area (Å²) in [5, 5.41) is 12.2. The standard InChI is InChI=1S/C13H12Cl2N2O3S/c14-10-3-1-2-9(12(10)15)11(6-16)17-13(18)8-4-5-21(19,20)7-8/h1-3,8,11H,4-5,7H2,(H,17,18)/t8-,11+/m0/s1. The van der Waals surface area contributed by atoms with E-state index in [1.165, 1.54) is 0 Å². The molecule has 0 spiro atoms. The van der Waals surface area contributed by atoms with E-state index in [4.69, 9.17) is 23.2 Å². The Hall–Kier alpha value is -1.29. The molecule has 1 aliphatic heterocycles. The third-order valence-corrected chi connectivity index (χ3v) is 5.91. The van der Waals surface area contributed by atoms with Gasteiger partial charge < -0.3 is 5.32 Å². The van der Waals surface area contributed by atoms with Crippen molar-refractivity contribution in [3.63, 3.8) is 0 Å². The van der Waals surface area contributed by atoms with E-state index >= 15 is 0 Å². The molecule has 21 heavy (non-hydrogen) atoms. The van der Waals surface area contributed by atoms with Gasteiger partial charge in [0.15, 0.2) is 9.84 Å². The number of rotatable bonds is 3. The lowest BCUT2D eigenvalue weighted by molar-refractivity contribution is -0.124. The van der Waals surface area contributed by atoms with E-state index in [2.05, 4.69) is 5.32 Å². The zero-order valence-electron chi connectivity index (χ0n) is 10.8. The van der Waals surface area contributed by atoms with Gasteiger partial charge in [-0.2, -0.15) is 5.26 Å². The van der Waals surface area contributed by atoms with E-state index in [9.17, 15) is 18.5 Å². The van der Waals surface area contributed by atoms with Crippen LogP contribution in [-0.2, 0) is 14.6 Å². The van der Waals surface area contributed by atoms with E-state index < -0.39 is 27.7 Å². The maximum absolute atomic E-state index is 12.1. The van der Waals surface area contributed by atoms with Crippen molar-refractivity contribution in [2.45, 2.75) is 12.5 Å². The molecular formula is C13H12Cl2N2O3S. The number of hydrogen-bond acceptors (Lipinski definition) is 4. The topological polar surface area (TPSA) is 87.0 Å². The molecule has 0 radical (unpaired) electrons. The first-order chi connectivity index (χ1) is 9.84. The number of hydrogen-bond donors (Lipinski definition) is 1. The molecule has 112 valence electrons. The Morgan fingerprint density at radius 1 is 1.43 bits per heavy atom. The van der Waals surface area contributed by atoms with E-state index in [-0.39, 0.29) is 28.0 Å². The Morgan fingerprint density at radius 2 is 2.14 bits per heavy atom. The summed E-state index contributed by atoms with van der Waals surface area (Å²) in [5.74, 6) is -1.26. The van der Waals surface area contributed by atoms with Crippen molar-refractivity contribution in [2.75, 3.05) is 11.5 Å². The van der Waals surface area contributed by atoms with Gasteiger partial charge in [0.25, 0.3) is 0 Å². The lowest BCUT2D eigenvalue weighted by Crippen LogP contribution is -2.34. The van der Waals surface area contributed by atoms with E-state index in [1.807, 2.05) is 6.07 Å². The van der Waals surface area contributed by atoms with Crippen molar-refractivity contribution < 1.29 is 13.2 Å². The second-order valence-electron chi connectivity index (χ2n) is 4.81. The third kappa shape index (κ3) is 3.67. The fraction of sp³-hybridized carbons (Fsp3) is 0.385. The summed E-state index contributed by atoms with van der Waals surface area (Å²) in [7, 11) is -3.15. The van der Waals surface area contributed by atoms with Gasteiger partial charge in [-0.3, -0.25) is 4.79 Å². The third-order valence-electron chi connectivity index (χ3n) is 3.31. The maximum Gasteiger partial charge on any atom is 0.225 e. The number of benzene rings is 1. The number of halogens is 2. The highest BCUT2D eigenvalue weighted by Gasteiger charge is 2.34. The molecule has 0 saturated carbocycles. The Kier molecular flexibility index (Phi) is 4.77. The van der Waals surface area contributed by atoms with Crippen LogP contribution in [0.2, 0.25) is 10.0 Å². The molecule has 1 fully saturated rings. The van der Waals surface area contributed by atoms with Crippen molar-refractivity contribution in [3.05, 3.63) is 33.8 Å². The molecule has 1 aromatic rings. The second kappa shape index (κ2) is 6.22. The minimum Gasteiger partial charge on any atom is -0.336 e. The van der Waals surface area contributed by atoms with Crippen molar-refractivity contribution in [1.29, 1.82) is 5.26 Å². The van der Waals surface area contributed by atoms with E-state index in [0.29, 0.717) is 5.56 Å². The van der Waals surface area contributed by atoms with Gasteiger partial charge in [0, 0.05) is 5.56 Å². The van der Waals surface area contributed by atoms with Crippen LogP contribution in [0.5, 0.6) is 0 Å². The predicted octanol–water partition coefficient (Wildman–Crippen LogP) is 2.11. The van der Waals surface area contributed by atoms with Crippen LogP contribution in [0.3, 0.4) is 0 Å². The van der Waals surface area contributed by atoms with Crippen LogP contribution in [-0.4, -0.2) is 25.8 Å². The lowest BCUT2D eigenvalue weighted by atomic mass is 10.0. The van der Waals surface area contributed by atoms with Crippen LogP contribution in [0.15, 0.2) is 18.2 Å². The lowest BCUT2D eigenvalue weighted by Gasteiger charge is -2.16. The first-order valence-corrected chi connectivity index (χ1v) is 8.76. The van der Waals surface area contributed by atoms with Crippen molar-refractivity contribution >= 4 is 38.9 Å². The highest BCUT2D eigenvalue weighted by molar-refractivity contribution is 7.91. The number of nitrogens with zero attached hydrogens (tertiary/aromatic N) is 1. The first kappa shape index (κ1) is 16.1. The number of amides is 1. The van der Waals surface area contributed by atoms with Gasteiger partial charge in [-0.15, -0.1) is 0 Å². The number of nitriles is 1. The smallest absolute Gasteiger partial charge is 0.225 e. The Labute approximate surface area is 132 Å². The molecule has 1 amide bonds. The molecule has 1 N–H and O–H groups in total. The van der Waals surface area contributed by atoms with Crippen LogP contribution in [0, 0.1) is 17.2 Å². The Balaban J connectivity index is 2.15. The maximum atomic E-state index is 12.1. The Morgan fingerprint density at radius 3 is 2.71 bits per heavy atom. The molecule has 1 saturated heterocycles. The summed E-state index contributed by atoms with van der Waals surface area (Å²) in [4.78, 5) is 12.1. The Bertz CT molecular complexity index is 713. The average Bonchev–Trinajstić information content (AvgIpc) is 2.80. The van der Waals surface area contributed by atoms with Gasteiger partial charge in [-0.25, -0.2) is 8.42 Å². The fourth-order valence-electron chi connectivity index (χ4n) is 2.18. The molecule has 1 aromatic carbocycles. The normalized spacial score (nSPS) is 21.5. The SMILES string of the molecule is N#C[C@@H](NC(=O)[C@H]1CCS(=O)(=O)C1)c1cccc(Cl)c1Cl. The van der Waals surface area contributed by atoms with E-state index in [1.54, 1.807) is 18.2 Å². The van der Waals surface area contributed by atoms with Crippen LogP contribution >= 0.6 is 23.2 Å². The van der Waals surface area contributed by atoms with Crippen molar-refractivity contribution in [1.82, 2.24) is 5.32 Å². The highest BCUT2D eigenvalue weighted by atomic mass is 35.5. The molecule has 2 atom stereocenters. The monoisotopic (exact) mass is 346 g/mol. The number of sulfone groups is 1. The minimum absolute atomic E-state index is 0.000226. The van der Waals surface area contributed by atoms with Crippen LogP contribution in [0.25, 0.3) is 0 Å². The summed E-state index contributed by atoms with van der Waals surface area (Å²) >= 11 is 11.9. The minimum atomic E-state index is -3.15. The number of carbonyl (C=O) groups excluding carboxylic acids is 1. The molecule has 1 aliphatic rings. The molecule has 0 aromatic heterocycles. The van der Waals surface area contributed by atoms with Gasteiger partial charge >= 0.3 is 0 Å². The molecule has 0 aliphatic carbocycles. The average molecular weight is 347 g/mol. The number of nitrogens with one attached hydrogen (secondary N) is 1. The summed E-state index contributed by atoms with van der Waals surface area (Å²) < 4.78 is 22.8. The number of carbonyl (C=O) groups is 1. The molecular weight excluding hydrogens is 335 g/mol. The second-order valence-corrected chi connectivity index (χ2v) is 7.83. The van der Waals surface area contributed by atoms with Crippen LogP contribution in [0.1, 0.15) is 18.0 Å². The van der Waals surface area contributed by atoms with Gasteiger partial charge in [0.1, 0.15) is 6.04 Å². The molecule has 0 unspecified atom stereocenters. The quantitative estimate of drug-likeness (QED) is 0.907. The predicted molar refractivity (Wildman–Crippen MR) is 79.7 cm³/mol. The largest absolute Gasteiger partial charge is 0.336 e. The molecule has 5 nitrogen and oxygen atoms in total. The summed E-state index contributed by atoms with van der Waals surface area (Å²) in [5.41, 5.74) is 0.390. The van der Waals surface area contributed by atoms with Gasteiger partial charge in [-0.1, -0.05) is 35.3 Å². The zero-order valence-corrected chi connectivity index (χ0v) is 13.2. The fourth-order valence-corrected chi connectivity index (χ4v) is 4.34. The molecule has 2 rings (SSSR count). The van der Waals surface area contributed by atoms with E-state index in [0.717, 1.165) is 0 Å². The zero-order chi connectivity index (χ0) is 15.6. The van der Waals surface area contributed by atoms with Crippen molar-refractivity contribution in [2.24, 2.45) is 5.92 Å². The molecule has 0 bridgehead atoms. The first-order valence-electron chi connectivity index (χ1n) is 6.18. The molecule has 8 heteroatoms. The van der Waals surface area contributed by atoms with Gasteiger partial charge in [-0.05, 0) is 12.5 Å². The van der Waals surface area contributed by atoms with Gasteiger partial charge in [0.2, 0.25) is 5.91 Å². The summed E-state index contributed by atoms with van der Waals surface area (Å²) in [6.07, 6.45) is 0.273. The molecule has 1 heterocycles.